The maximum Gasteiger partial charge on any atom is 0.252 e. The number of nitriles is 1. The molecule has 2 heterocycles. The predicted octanol–water partition coefficient (Wildman–Crippen LogP) is 4.81. The van der Waals surface area contributed by atoms with Crippen LogP contribution in [-0.4, -0.2) is 32.3 Å². The SMILES string of the molecule is C=CCn1c(SCC(=O)Nc2sc3c(c2C#N)CCCC3)nnc1[C@@H](C)NC(=O)c1ccccc1C. The van der Waals surface area contributed by atoms with Crippen LogP contribution >= 0.6 is 23.1 Å². The van der Waals surface area contributed by atoms with E-state index in [0.717, 1.165) is 36.8 Å². The van der Waals surface area contributed by atoms with Crippen LogP contribution in [0.3, 0.4) is 0 Å². The van der Waals surface area contributed by atoms with Gasteiger partial charge in [-0.15, -0.1) is 28.1 Å². The second-order valence-corrected chi connectivity index (χ2v) is 10.7. The van der Waals surface area contributed by atoms with Crippen LogP contribution in [0.2, 0.25) is 0 Å². The van der Waals surface area contributed by atoms with Crippen molar-refractivity contribution in [3.05, 3.63) is 69.9 Å². The molecule has 36 heavy (non-hydrogen) atoms. The molecule has 3 aromatic rings. The van der Waals surface area contributed by atoms with Gasteiger partial charge in [0.15, 0.2) is 11.0 Å². The molecule has 0 unspecified atom stereocenters. The lowest BCUT2D eigenvalue weighted by Crippen LogP contribution is -2.29. The van der Waals surface area contributed by atoms with Crippen molar-refractivity contribution in [2.75, 3.05) is 11.1 Å². The molecule has 186 valence electrons. The van der Waals surface area contributed by atoms with Crippen molar-refractivity contribution in [2.45, 2.75) is 57.3 Å². The van der Waals surface area contributed by atoms with Crippen LogP contribution in [0.5, 0.6) is 0 Å². The van der Waals surface area contributed by atoms with E-state index in [4.69, 9.17) is 0 Å². The lowest BCUT2D eigenvalue weighted by atomic mass is 9.96. The van der Waals surface area contributed by atoms with Gasteiger partial charge in [-0.2, -0.15) is 5.26 Å². The zero-order chi connectivity index (χ0) is 25.7. The van der Waals surface area contributed by atoms with Gasteiger partial charge in [-0.1, -0.05) is 36.0 Å². The number of aromatic nitrogens is 3. The molecule has 0 spiro atoms. The number of rotatable bonds is 9. The number of nitrogens with one attached hydrogen (secondary N) is 2. The summed E-state index contributed by atoms with van der Waals surface area (Å²) in [7, 11) is 0. The summed E-state index contributed by atoms with van der Waals surface area (Å²) in [6.07, 6.45) is 5.78. The molecule has 2 aromatic heterocycles. The third kappa shape index (κ3) is 5.53. The van der Waals surface area contributed by atoms with E-state index in [1.54, 1.807) is 12.1 Å². The first-order chi connectivity index (χ1) is 17.4. The molecule has 0 bridgehead atoms. The van der Waals surface area contributed by atoms with Gasteiger partial charge < -0.3 is 15.2 Å². The van der Waals surface area contributed by atoms with Crippen LogP contribution < -0.4 is 10.6 Å². The summed E-state index contributed by atoms with van der Waals surface area (Å²) >= 11 is 2.77. The number of aryl methyl sites for hydroxylation is 2. The summed E-state index contributed by atoms with van der Waals surface area (Å²) in [5.41, 5.74) is 3.19. The number of allylic oxidation sites excluding steroid dienone is 1. The molecule has 4 rings (SSSR count). The van der Waals surface area contributed by atoms with Gasteiger partial charge >= 0.3 is 0 Å². The Kier molecular flexibility index (Phi) is 8.23. The Labute approximate surface area is 218 Å². The maximum absolute atomic E-state index is 12.8. The standard InChI is InChI=1S/C26H28N6O2S2/c1-4-13-32-23(17(3)28-24(34)18-10-6-5-9-16(18)2)30-31-26(32)35-15-22(33)29-25-20(14-27)19-11-7-8-12-21(19)36-25/h4-6,9-10,17H,1,7-8,11-13,15H2,2-3H3,(H,28,34)(H,29,33)/t17-/m1/s1. The van der Waals surface area contributed by atoms with E-state index in [0.29, 0.717) is 33.7 Å². The zero-order valence-corrected chi connectivity index (χ0v) is 22.0. The molecular weight excluding hydrogens is 492 g/mol. The second-order valence-electron chi connectivity index (χ2n) is 8.61. The molecule has 10 heteroatoms. The third-order valence-corrected chi connectivity index (χ3v) is 8.22. The summed E-state index contributed by atoms with van der Waals surface area (Å²) < 4.78 is 1.85. The van der Waals surface area contributed by atoms with Crippen LogP contribution in [0.4, 0.5) is 5.00 Å². The van der Waals surface area contributed by atoms with E-state index in [9.17, 15) is 14.9 Å². The first-order valence-corrected chi connectivity index (χ1v) is 13.6. The summed E-state index contributed by atoms with van der Waals surface area (Å²) in [4.78, 5) is 26.7. The lowest BCUT2D eigenvalue weighted by molar-refractivity contribution is -0.113. The Morgan fingerprint density at radius 3 is 2.83 bits per heavy atom. The molecule has 8 nitrogen and oxygen atoms in total. The van der Waals surface area contributed by atoms with Crippen molar-refractivity contribution in [1.29, 1.82) is 5.26 Å². The number of hydrogen-bond acceptors (Lipinski definition) is 7. The van der Waals surface area contributed by atoms with Gasteiger partial charge in [0.2, 0.25) is 5.91 Å². The van der Waals surface area contributed by atoms with Crippen LogP contribution in [0.25, 0.3) is 0 Å². The minimum Gasteiger partial charge on any atom is -0.342 e. The van der Waals surface area contributed by atoms with Crippen molar-refractivity contribution in [2.24, 2.45) is 0 Å². The van der Waals surface area contributed by atoms with E-state index in [1.807, 2.05) is 36.6 Å². The lowest BCUT2D eigenvalue weighted by Gasteiger charge is -2.16. The molecule has 0 aliphatic heterocycles. The van der Waals surface area contributed by atoms with Gasteiger partial charge in [0.05, 0.1) is 17.4 Å². The molecular formula is C26H28N6O2S2. The average Bonchev–Trinajstić information content (AvgIpc) is 3.43. The number of nitrogens with zero attached hydrogens (tertiary/aromatic N) is 4. The number of hydrogen-bond donors (Lipinski definition) is 2. The number of benzene rings is 1. The zero-order valence-electron chi connectivity index (χ0n) is 20.3. The van der Waals surface area contributed by atoms with E-state index in [-0.39, 0.29) is 17.6 Å². The Morgan fingerprint density at radius 2 is 2.08 bits per heavy atom. The molecule has 2 amide bonds. The minimum absolute atomic E-state index is 0.118. The summed E-state index contributed by atoms with van der Waals surface area (Å²) in [6, 6.07) is 9.27. The fourth-order valence-corrected chi connectivity index (χ4v) is 6.27. The highest BCUT2D eigenvalue weighted by Gasteiger charge is 2.23. The number of thioether (sulfide) groups is 1. The molecule has 0 fully saturated rings. The van der Waals surface area contributed by atoms with Crippen molar-refractivity contribution in [1.82, 2.24) is 20.1 Å². The molecule has 1 aliphatic rings. The molecule has 0 saturated heterocycles. The Balaban J connectivity index is 1.43. The van der Waals surface area contributed by atoms with Crippen molar-refractivity contribution in [3.8, 4) is 6.07 Å². The minimum atomic E-state index is -0.400. The van der Waals surface area contributed by atoms with E-state index in [1.165, 1.54) is 28.0 Å². The number of anilines is 1. The first kappa shape index (κ1) is 25.7. The quantitative estimate of drug-likeness (QED) is 0.309. The summed E-state index contributed by atoms with van der Waals surface area (Å²) in [5.74, 6) is 0.310. The molecule has 1 aromatic carbocycles. The monoisotopic (exact) mass is 520 g/mol. The Bertz CT molecular complexity index is 1340. The van der Waals surface area contributed by atoms with Crippen LogP contribution in [0.15, 0.2) is 42.1 Å². The molecule has 1 aliphatic carbocycles. The Morgan fingerprint density at radius 1 is 1.31 bits per heavy atom. The second kappa shape index (κ2) is 11.5. The van der Waals surface area contributed by atoms with Gasteiger partial charge in [-0.25, -0.2) is 0 Å². The van der Waals surface area contributed by atoms with Gasteiger partial charge in [-0.05, 0) is 56.7 Å². The topological polar surface area (TPSA) is 113 Å². The average molecular weight is 521 g/mol. The van der Waals surface area contributed by atoms with E-state index in [2.05, 4.69) is 33.5 Å². The van der Waals surface area contributed by atoms with Gasteiger partial charge in [0.1, 0.15) is 11.1 Å². The number of carbonyl (C=O) groups excluding carboxylic acids is 2. The first-order valence-electron chi connectivity index (χ1n) is 11.8. The van der Waals surface area contributed by atoms with E-state index >= 15 is 0 Å². The highest BCUT2D eigenvalue weighted by Crippen LogP contribution is 2.37. The highest BCUT2D eigenvalue weighted by atomic mass is 32.2. The molecule has 2 N–H and O–H groups in total. The number of carbonyl (C=O) groups is 2. The third-order valence-electron chi connectivity index (χ3n) is 6.05. The molecule has 1 atom stereocenters. The normalized spacial score (nSPS) is 13.4. The maximum atomic E-state index is 12.8. The highest BCUT2D eigenvalue weighted by molar-refractivity contribution is 7.99. The van der Waals surface area contributed by atoms with Crippen molar-refractivity contribution >= 4 is 39.9 Å². The van der Waals surface area contributed by atoms with Gasteiger partial charge in [-0.3, -0.25) is 9.59 Å². The fraction of sp³-hybridized carbons (Fsp3) is 0.346. The number of amides is 2. The number of fused-ring (bicyclic) bond motifs is 1. The smallest absolute Gasteiger partial charge is 0.252 e. The summed E-state index contributed by atoms with van der Waals surface area (Å²) in [6.45, 7) is 8.00. The molecule has 0 saturated carbocycles. The van der Waals surface area contributed by atoms with Crippen molar-refractivity contribution < 1.29 is 9.59 Å². The van der Waals surface area contributed by atoms with E-state index < -0.39 is 6.04 Å². The molecule has 0 radical (unpaired) electrons. The van der Waals surface area contributed by atoms with Crippen LogP contribution in [0.1, 0.15) is 63.6 Å². The van der Waals surface area contributed by atoms with Gasteiger partial charge in [0, 0.05) is 17.0 Å². The Hall–Kier alpha value is -3.42. The largest absolute Gasteiger partial charge is 0.342 e. The van der Waals surface area contributed by atoms with Crippen LogP contribution in [0, 0.1) is 18.3 Å². The number of thiophene rings is 1. The predicted molar refractivity (Wildman–Crippen MR) is 142 cm³/mol. The van der Waals surface area contributed by atoms with Crippen LogP contribution in [-0.2, 0) is 24.2 Å². The fourth-order valence-electron chi connectivity index (χ4n) is 4.26. The van der Waals surface area contributed by atoms with Gasteiger partial charge in [0.25, 0.3) is 5.91 Å². The van der Waals surface area contributed by atoms with Crippen molar-refractivity contribution in [3.63, 3.8) is 0 Å². The summed E-state index contributed by atoms with van der Waals surface area (Å²) in [5, 5.41) is 25.3.